The zero-order chi connectivity index (χ0) is 2.00. The Labute approximate surface area is 59.1 Å². The van der Waals surface area contributed by atoms with Crippen molar-refractivity contribution in [3.8, 4) is 0 Å². The van der Waals surface area contributed by atoms with Crippen molar-refractivity contribution in [2.45, 2.75) is 0 Å². The second-order valence-corrected chi connectivity index (χ2v) is 0. The van der Waals surface area contributed by atoms with E-state index in [2.05, 4.69) is 9.80 Å². The molecule has 4 heteroatoms. The molecule has 0 aliphatic rings. The van der Waals surface area contributed by atoms with Gasteiger partial charge < -0.3 is 0 Å². The molecule has 0 spiro atoms. The van der Waals surface area contributed by atoms with Gasteiger partial charge in [0.25, 0.3) is 0 Å². The van der Waals surface area contributed by atoms with Crippen LogP contribution in [0.3, 0.4) is 0 Å². The van der Waals surface area contributed by atoms with Crippen LogP contribution in [0.5, 0.6) is 0 Å². The van der Waals surface area contributed by atoms with E-state index in [1.165, 1.54) is 16.7 Å². The van der Waals surface area contributed by atoms with Crippen LogP contribution in [0.1, 0.15) is 0 Å². The van der Waals surface area contributed by atoms with Crippen molar-refractivity contribution >= 4 is 59.5 Å². The van der Waals surface area contributed by atoms with E-state index in [0.717, 1.165) is 0 Å². The van der Waals surface area contributed by atoms with Crippen LogP contribution in [-0.4, -0.2) is 39.8 Å². The summed E-state index contributed by atoms with van der Waals surface area (Å²) >= 11 is 1.47. The minimum atomic E-state index is 0. The van der Waals surface area contributed by atoms with Crippen molar-refractivity contribution in [1.82, 2.24) is 0 Å². The summed E-state index contributed by atoms with van der Waals surface area (Å²) in [7, 11) is 4.64. The van der Waals surface area contributed by atoms with Crippen LogP contribution >= 0.6 is 19.7 Å². The molecule has 0 aromatic carbocycles. The molecule has 0 nitrogen and oxygen atoms in total. The molecule has 0 N–H and O–H groups in total. The summed E-state index contributed by atoms with van der Waals surface area (Å²) in [4.78, 5) is 0. The van der Waals surface area contributed by atoms with Gasteiger partial charge in [0, 0.05) is 0 Å². The van der Waals surface area contributed by atoms with Gasteiger partial charge in [-0.15, -0.1) is 0 Å². The van der Waals surface area contributed by atoms with Crippen molar-refractivity contribution in [2.24, 2.45) is 0 Å². The van der Waals surface area contributed by atoms with Crippen molar-refractivity contribution in [3.63, 3.8) is 0 Å². The Hall–Kier alpha value is 2.08. The van der Waals surface area contributed by atoms with E-state index in [1.807, 2.05) is 0 Å². The fourth-order valence-electron chi connectivity index (χ4n) is 0. The van der Waals surface area contributed by atoms with Gasteiger partial charge in [-0.1, -0.05) is 0 Å². The second-order valence-electron chi connectivity index (χ2n) is 0. The number of halogens is 1. The quantitative estimate of drug-likeness (QED) is 0.285. The van der Waals surface area contributed by atoms with E-state index < -0.39 is 0 Å². The van der Waals surface area contributed by atoms with E-state index in [1.54, 1.807) is 0 Å². The summed E-state index contributed by atoms with van der Waals surface area (Å²) in [5, 5.41) is 0. The van der Waals surface area contributed by atoms with Gasteiger partial charge in [-0.3, -0.25) is 0 Å². The maximum atomic E-state index is 4.64. The molecular weight excluding hydrogens is 97.7 g/mol. The fourth-order valence-corrected chi connectivity index (χ4v) is 0. The first-order valence-corrected chi connectivity index (χ1v) is 1.13. The Morgan fingerprint density at radius 2 is 1.25 bits per heavy atom. The predicted octanol–water partition coefficient (Wildman–Crippen LogP) is -0.549. The molecule has 0 bridgehead atoms. The molecule has 4 heavy (non-hydrogen) atoms. The van der Waals surface area contributed by atoms with Gasteiger partial charge in [0.2, 0.25) is 0 Å². The Kier molecular flexibility index (Phi) is 80.7. The number of hydrogen-bond acceptors (Lipinski definition) is 0. The number of rotatable bonds is 0. The molecule has 0 aromatic heterocycles. The molecule has 0 heterocycles. The maximum absolute atomic E-state index is 4.64. The van der Waals surface area contributed by atoms with E-state index >= 15 is 0 Å². The molecule has 0 fully saturated rings. The van der Waals surface area contributed by atoms with E-state index in [0.29, 0.717) is 0 Å². The predicted molar refractivity (Wildman–Crippen MR) is 31.3 cm³/mol. The largest absolute Gasteiger partial charge is 0.316 e. The van der Waals surface area contributed by atoms with Gasteiger partial charge in [0.1, 0.15) is 0 Å². The smallest absolute Gasteiger partial charge is 0.316 e. The van der Waals surface area contributed by atoms with Gasteiger partial charge in [-0.25, -0.2) is 0 Å². The van der Waals surface area contributed by atoms with Crippen LogP contribution in [0, 0.1) is 0 Å². The fraction of sp³-hybridized carbons (Fsp3) is 0. The first kappa shape index (κ1) is 16.5. The molecule has 0 saturated heterocycles. The molecule has 0 saturated carbocycles. The minimum Gasteiger partial charge on any atom is 0.316 e. The Balaban J connectivity index is -0.00000000500. The monoisotopic (exact) mass is 102 g/mol. The minimum absolute atomic E-state index is 0. The van der Waals surface area contributed by atoms with Crippen molar-refractivity contribution in [1.29, 1.82) is 0 Å². The number of hydrogen-bond donors (Lipinski definition) is 0. The second kappa shape index (κ2) is 19.5. The Morgan fingerprint density at radius 3 is 1.25 bits per heavy atom. The third kappa shape index (κ3) is 8.94. The summed E-state index contributed by atoms with van der Waals surface area (Å²) in [5.74, 6) is 0. The Morgan fingerprint density at radius 1 is 1.25 bits per heavy atom. The van der Waals surface area contributed by atoms with Gasteiger partial charge in [-0.2, -0.15) is 9.90 Å². The molecule has 1 unspecified atom stereocenters. The van der Waals surface area contributed by atoms with E-state index in [4.69, 9.17) is 0 Å². The zero-order valence-electron chi connectivity index (χ0n) is 2.09. The molecule has 0 aromatic rings. The average molecular weight is 103 g/mol. The average Bonchev–Trinajstić information content (AvgIpc) is 1.00. The standard InChI is InChI=1S/ClH.Li.Mg.H3P.2H/h1H;;;1H3;;/q;+1;;;;/p-1. The normalized spacial score (nSPS) is 1.75. The van der Waals surface area contributed by atoms with E-state index in [9.17, 15) is 0 Å². The summed E-state index contributed by atoms with van der Waals surface area (Å²) in [6.07, 6.45) is 0. The third-order valence-corrected chi connectivity index (χ3v) is 0. The molecule has 20 valence electrons. The van der Waals surface area contributed by atoms with Gasteiger partial charge in [0.05, 0.1) is 0 Å². The molecule has 1 atom stereocenters. The SMILES string of the molecule is P.[Li][Cl].[MgH2]. The van der Waals surface area contributed by atoms with Crippen LogP contribution < -0.4 is 0 Å². The summed E-state index contributed by atoms with van der Waals surface area (Å²) in [6.45, 7) is 0. The molecule has 0 radical (unpaired) electrons. The van der Waals surface area contributed by atoms with Crippen LogP contribution in [0.2, 0.25) is 0 Å². The zero-order valence-corrected chi connectivity index (χ0v) is 4.26. The topological polar surface area (TPSA) is 0 Å². The van der Waals surface area contributed by atoms with Gasteiger partial charge in [-0.05, 0) is 0 Å². The van der Waals surface area contributed by atoms with Gasteiger partial charge in [0.15, 0.2) is 0 Å². The molecule has 0 rings (SSSR count). The van der Waals surface area contributed by atoms with Crippen molar-refractivity contribution < 1.29 is 0 Å². The summed E-state index contributed by atoms with van der Waals surface area (Å²) < 4.78 is 0. The van der Waals surface area contributed by atoms with Crippen molar-refractivity contribution in [2.75, 3.05) is 0 Å². The van der Waals surface area contributed by atoms with Crippen LogP contribution in [0.15, 0.2) is 0 Å². The van der Waals surface area contributed by atoms with Crippen molar-refractivity contribution in [3.05, 3.63) is 0 Å². The van der Waals surface area contributed by atoms with Crippen LogP contribution in [-0.2, 0) is 0 Å². The molecular formula is H5ClLiMgP. The molecule has 0 amide bonds. The first-order chi connectivity index (χ1) is 1.00. The maximum Gasteiger partial charge on any atom is 0.316 e. The van der Waals surface area contributed by atoms with Gasteiger partial charge >= 0.3 is 49.6 Å². The summed E-state index contributed by atoms with van der Waals surface area (Å²) in [5.41, 5.74) is 0. The summed E-state index contributed by atoms with van der Waals surface area (Å²) in [6, 6.07) is 0. The van der Waals surface area contributed by atoms with Crippen LogP contribution in [0.4, 0.5) is 0 Å². The third-order valence-electron chi connectivity index (χ3n) is 0. The van der Waals surface area contributed by atoms with Crippen LogP contribution in [0.25, 0.3) is 0 Å². The molecule has 0 aliphatic heterocycles. The molecule has 0 aliphatic carbocycles. The van der Waals surface area contributed by atoms with E-state index in [-0.39, 0.29) is 33.0 Å². The Bertz CT molecular complexity index is 8.00. The first-order valence-electron chi connectivity index (χ1n) is 0.378.